The second kappa shape index (κ2) is 2.57. The molecule has 3 nitrogen and oxygen atoms in total. The fourth-order valence-electron chi connectivity index (χ4n) is 1.61. The van der Waals surface area contributed by atoms with E-state index in [0.29, 0.717) is 6.54 Å². The summed E-state index contributed by atoms with van der Waals surface area (Å²) in [7, 11) is 0. The molecule has 2 aliphatic rings. The number of hydrogen-bond acceptors (Lipinski definition) is 3. The molecule has 2 unspecified atom stereocenters. The fourth-order valence-corrected chi connectivity index (χ4v) is 1.61. The van der Waals surface area contributed by atoms with E-state index in [1.165, 1.54) is 0 Å². The van der Waals surface area contributed by atoms with Crippen molar-refractivity contribution in [1.82, 2.24) is 0 Å². The molecule has 0 saturated heterocycles. The molecule has 0 radical (unpaired) electrons. The van der Waals surface area contributed by atoms with Crippen molar-refractivity contribution in [3.63, 3.8) is 0 Å². The van der Waals surface area contributed by atoms with E-state index in [-0.39, 0.29) is 17.7 Å². The smallest absolute Gasteiger partial charge is 0.161 e. The molecule has 3 heteroatoms. The molecule has 0 amide bonds. The molecule has 0 N–H and O–H groups in total. The minimum Gasteiger partial charge on any atom is -0.297 e. The lowest BCUT2D eigenvalue weighted by molar-refractivity contribution is -0.123. The quantitative estimate of drug-likeness (QED) is 0.480. The highest BCUT2D eigenvalue weighted by Gasteiger charge is 2.30. The Morgan fingerprint density at radius 3 is 3.00 bits per heavy atom. The zero-order chi connectivity index (χ0) is 7.68. The zero-order valence-corrected chi connectivity index (χ0v) is 6.23. The number of allylic oxidation sites excluding steroid dienone is 1. The molecule has 0 bridgehead atoms. The molecule has 0 fully saturated rings. The van der Waals surface area contributed by atoms with Gasteiger partial charge in [0.05, 0.1) is 6.04 Å². The van der Waals surface area contributed by atoms with Crippen LogP contribution < -0.4 is 0 Å². The lowest BCUT2D eigenvalue weighted by Crippen LogP contribution is -2.32. The van der Waals surface area contributed by atoms with Crippen LogP contribution in [-0.4, -0.2) is 18.4 Å². The topological polar surface area (TPSA) is 41.8 Å². The number of nitrogens with zero attached hydrogens (tertiary/aromatic N) is 2. The Bertz CT molecular complexity index is 232. The van der Waals surface area contributed by atoms with Gasteiger partial charge in [-0.3, -0.25) is 4.79 Å². The van der Waals surface area contributed by atoms with E-state index >= 15 is 0 Å². The van der Waals surface area contributed by atoms with Gasteiger partial charge in [-0.25, -0.2) is 0 Å². The maximum atomic E-state index is 11.2. The van der Waals surface area contributed by atoms with Crippen LogP contribution in [-0.2, 0) is 4.79 Å². The summed E-state index contributed by atoms with van der Waals surface area (Å²) in [4.78, 5) is 11.2. The molecule has 0 aromatic rings. The Hall–Kier alpha value is -0.990. The average molecular weight is 150 g/mol. The maximum Gasteiger partial charge on any atom is 0.161 e. The molecule has 11 heavy (non-hydrogen) atoms. The molecule has 2 atom stereocenters. The Balaban J connectivity index is 2.23. The van der Waals surface area contributed by atoms with Crippen LogP contribution in [0.25, 0.3) is 0 Å². The van der Waals surface area contributed by atoms with Gasteiger partial charge in [-0.2, -0.15) is 10.2 Å². The monoisotopic (exact) mass is 150 g/mol. The van der Waals surface area contributed by atoms with Gasteiger partial charge in [-0.1, -0.05) is 12.2 Å². The van der Waals surface area contributed by atoms with Gasteiger partial charge in [0, 0.05) is 5.92 Å². The summed E-state index contributed by atoms with van der Waals surface area (Å²) in [6.45, 7) is 0.301. The molecule has 0 aromatic heterocycles. The Morgan fingerprint density at radius 2 is 2.18 bits per heavy atom. The van der Waals surface area contributed by atoms with Gasteiger partial charge in [0.2, 0.25) is 0 Å². The predicted molar refractivity (Wildman–Crippen MR) is 40.4 cm³/mol. The maximum absolute atomic E-state index is 11.2. The third-order valence-corrected chi connectivity index (χ3v) is 2.27. The van der Waals surface area contributed by atoms with Gasteiger partial charge in [-0.15, -0.1) is 0 Å². The number of hydrogen-bond donors (Lipinski definition) is 0. The van der Waals surface area contributed by atoms with Crippen molar-refractivity contribution >= 4 is 5.78 Å². The van der Waals surface area contributed by atoms with Crippen molar-refractivity contribution in [1.29, 1.82) is 0 Å². The van der Waals surface area contributed by atoms with E-state index in [0.717, 1.165) is 12.8 Å². The molecule has 2 rings (SSSR count). The van der Waals surface area contributed by atoms with Crippen molar-refractivity contribution < 1.29 is 4.79 Å². The third kappa shape index (κ3) is 1.11. The van der Waals surface area contributed by atoms with E-state index < -0.39 is 0 Å². The van der Waals surface area contributed by atoms with E-state index in [4.69, 9.17) is 0 Å². The number of azo groups is 1. The lowest BCUT2D eigenvalue weighted by Gasteiger charge is -2.25. The van der Waals surface area contributed by atoms with Crippen LogP contribution in [0.2, 0.25) is 0 Å². The SMILES string of the molecule is O=C1CN=NC2CC=CCC12. The molecule has 0 aromatic carbocycles. The molecule has 0 saturated carbocycles. The summed E-state index contributed by atoms with van der Waals surface area (Å²) in [5, 5.41) is 7.84. The Labute approximate surface area is 65.2 Å². The molecule has 1 aliphatic carbocycles. The highest BCUT2D eigenvalue weighted by molar-refractivity contribution is 5.84. The molecule has 58 valence electrons. The average Bonchev–Trinajstić information content (AvgIpc) is 2.06. The van der Waals surface area contributed by atoms with E-state index in [1.54, 1.807) is 0 Å². The summed E-state index contributed by atoms with van der Waals surface area (Å²) >= 11 is 0. The standard InChI is InChI=1S/C8H10N2O/c11-8-5-9-10-7-4-2-1-3-6(7)8/h1-2,6-7H,3-5H2. The first kappa shape index (κ1) is 6.70. The van der Waals surface area contributed by atoms with E-state index in [9.17, 15) is 4.79 Å². The van der Waals surface area contributed by atoms with Crippen LogP contribution in [0.3, 0.4) is 0 Å². The van der Waals surface area contributed by atoms with Gasteiger partial charge < -0.3 is 0 Å². The minimum atomic E-state index is 0.137. The second-order valence-electron chi connectivity index (χ2n) is 3.00. The van der Waals surface area contributed by atoms with Crippen molar-refractivity contribution in [3.05, 3.63) is 12.2 Å². The van der Waals surface area contributed by atoms with Crippen molar-refractivity contribution in [2.45, 2.75) is 18.9 Å². The van der Waals surface area contributed by atoms with Gasteiger partial charge in [0.1, 0.15) is 6.54 Å². The molecular formula is C8H10N2O. The highest BCUT2D eigenvalue weighted by Crippen LogP contribution is 2.25. The van der Waals surface area contributed by atoms with Gasteiger partial charge in [0.25, 0.3) is 0 Å². The Morgan fingerprint density at radius 1 is 1.36 bits per heavy atom. The largest absolute Gasteiger partial charge is 0.297 e. The molecule has 0 spiro atoms. The summed E-state index contributed by atoms with van der Waals surface area (Å²) in [6, 6.07) is 0.154. The minimum absolute atomic E-state index is 0.137. The zero-order valence-electron chi connectivity index (χ0n) is 6.23. The van der Waals surface area contributed by atoms with Crippen LogP contribution in [0.4, 0.5) is 0 Å². The van der Waals surface area contributed by atoms with E-state index in [1.807, 2.05) is 0 Å². The fraction of sp³-hybridized carbons (Fsp3) is 0.625. The van der Waals surface area contributed by atoms with Crippen LogP contribution in [0.5, 0.6) is 0 Å². The van der Waals surface area contributed by atoms with Gasteiger partial charge in [-0.05, 0) is 12.8 Å². The summed E-state index contributed by atoms with van der Waals surface area (Å²) in [6.07, 6.45) is 5.90. The first-order chi connectivity index (χ1) is 5.38. The van der Waals surface area contributed by atoms with Crippen molar-refractivity contribution in [2.75, 3.05) is 6.54 Å². The van der Waals surface area contributed by atoms with Crippen LogP contribution >= 0.6 is 0 Å². The Kier molecular flexibility index (Phi) is 1.56. The lowest BCUT2D eigenvalue weighted by atomic mass is 9.85. The molecule has 1 aliphatic heterocycles. The number of carbonyl (C=O) groups excluding carboxylic acids is 1. The number of ketones is 1. The van der Waals surface area contributed by atoms with E-state index in [2.05, 4.69) is 22.4 Å². The van der Waals surface area contributed by atoms with Crippen LogP contribution in [0, 0.1) is 5.92 Å². The summed E-state index contributed by atoms with van der Waals surface area (Å²) in [5.41, 5.74) is 0. The first-order valence-electron chi connectivity index (χ1n) is 3.92. The van der Waals surface area contributed by atoms with Gasteiger partial charge >= 0.3 is 0 Å². The third-order valence-electron chi connectivity index (χ3n) is 2.27. The molecular weight excluding hydrogens is 140 g/mol. The number of Topliss-reactive ketones (excluding diaryl/α,β-unsaturated/α-hetero) is 1. The summed E-state index contributed by atoms with van der Waals surface area (Å²) in [5.74, 6) is 0.395. The summed E-state index contributed by atoms with van der Waals surface area (Å²) < 4.78 is 0. The van der Waals surface area contributed by atoms with Crippen molar-refractivity contribution in [3.8, 4) is 0 Å². The molecule has 1 heterocycles. The van der Waals surface area contributed by atoms with Crippen molar-refractivity contribution in [2.24, 2.45) is 16.1 Å². The van der Waals surface area contributed by atoms with Gasteiger partial charge in [0.15, 0.2) is 5.78 Å². The number of fused-ring (bicyclic) bond motifs is 1. The predicted octanol–water partition coefficient (Wildman–Crippen LogP) is 1.36. The normalized spacial score (nSPS) is 35.5. The van der Waals surface area contributed by atoms with Crippen LogP contribution in [0.1, 0.15) is 12.8 Å². The highest BCUT2D eigenvalue weighted by atomic mass is 16.1. The first-order valence-corrected chi connectivity index (χ1v) is 3.92. The second-order valence-corrected chi connectivity index (χ2v) is 3.00. The van der Waals surface area contributed by atoms with Crippen LogP contribution in [0.15, 0.2) is 22.4 Å². The number of carbonyl (C=O) groups is 1. The number of rotatable bonds is 0.